The third-order valence-corrected chi connectivity index (χ3v) is 3.33. The van der Waals surface area contributed by atoms with Crippen molar-refractivity contribution in [1.82, 2.24) is 14.7 Å². The van der Waals surface area contributed by atoms with Crippen molar-refractivity contribution in [3.8, 4) is 0 Å². The first-order chi connectivity index (χ1) is 8.13. The van der Waals surface area contributed by atoms with Crippen LogP contribution in [0.3, 0.4) is 0 Å². The van der Waals surface area contributed by atoms with E-state index >= 15 is 0 Å². The first kappa shape index (κ1) is 12.5. The molecule has 2 atom stereocenters. The number of likely N-dealkylation sites (N-methyl/N-ethyl adjacent to an activating group) is 1. The summed E-state index contributed by atoms with van der Waals surface area (Å²) in [5, 5.41) is 4.39. The van der Waals surface area contributed by atoms with Gasteiger partial charge in [0.25, 0.3) is 0 Å². The van der Waals surface area contributed by atoms with Crippen LogP contribution in [0.15, 0.2) is 12.4 Å². The fourth-order valence-electron chi connectivity index (χ4n) is 2.32. The summed E-state index contributed by atoms with van der Waals surface area (Å²) in [4.78, 5) is 2.29. The molecule has 96 valence electrons. The van der Waals surface area contributed by atoms with Gasteiger partial charge in [-0.3, -0.25) is 9.58 Å². The van der Waals surface area contributed by atoms with E-state index in [1.54, 1.807) is 0 Å². The molecule has 17 heavy (non-hydrogen) atoms. The maximum absolute atomic E-state index is 5.78. The van der Waals surface area contributed by atoms with E-state index in [9.17, 15) is 0 Å². The molecular formula is C12H22N4O. The van der Waals surface area contributed by atoms with Crippen molar-refractivity contribution in [1.29, 1.82) is 0 Å². The first-order valence-corrected chi connectivity index (χ1v) is 6.19. The van der Waals surface area contributed by atoms with E-state index in [2.05, 4.69) is 37.1 Å². The van der Waals surface area contributed by atoms with Gasteiger partial charge in [0, 0.05) is 30.9 Å². The van der Waals surface area contributed by atoms with Gasteiger partial charge >= 0.3 is 0 Å². The molecule has 0 saturated carbocycles. The number of nitrogens with two attached hydrogens (primary N) is 1. The first-order valence-electron chi connectivity index (χ1n) is 6.19. The molecule has 2 heterocycles. The molecule has 1 saturated heterocycles. The summed E-state index contributed by atoms with van der Waals surface area (Å²) < 4.78 is 7.71. The van der Waals surface area contributed by atoms with Gasteiger partial charge in [-0.2, -0.15) is 5.10 Å². The van der Waals surface area contributed by atoms with E-state index in [1.807, 2.05) is 10.9 Å². The van der Waals surface area contributed by atoms with Crippen LogP contribution in [0.25, 0.3) is 0 Å². The molecule has 0 aromatic carbocycles. The second-order valence-corrected chi connectivity index (χ2v) is 4.92. The summed E-state index contributed by atoms with van der Waals surface area (Å²) in [5.41, 5.74) is 6.97. The smallest absolute Gasteiger partial charge is 0.0895 e. The molecule has 2 rings (SSSR count). The zero-order valence-corrected chi connectivity index (χ0v) is 10.8. The molecule has 1 aromatic heterocycles. The lowest BCUT2D eigenvalue weighted by Gasteiger charge is -2.38. The third-order valence-electron chi connectivity index (χ3n) is 3.33. The Balaban J connectivity index is 2.22. The summed E-state index contributed by atoms with van der Waals surface area (Å²) in [6, 6.07) is 0.608. The largest absolute Gasteiger partial charge is 0.374 e. The second kappa shape index (κ2) is 5.16. The Kier molecular flexibility index (Phi) is 3.81. The SMILES string of the molecule is CC(C)n1cc(C2C(CN)OCCN2C)cn1. The van der Waals surface area contributed by atoms with E-state index in [0.717, 1.165) is 13.2 Å². The van der Waals surface area contributed by atoms with E-state index < -0.39 is 0 Å². The highest BCUT2D eigenvalue weighted by Gasteiger charge is 2.31. The maximum atomic E-state index is 5.78. The average molecular weight is 238 g/mol. The van der Waals surface area contributed by atoms with E-state index in [4.69, 9.17) is 10.5 Å². The molecular weight excluding hydrogens is 216 g/mol. The summed E-state index contributed by atoms with van der Waals surface area (Å²) >= 11 is 0. The lowest BCUT2D eigenvalue weighted by atomic mass is 10.0. The molecule has 2 N–H and O–H groups in total. The number of ether oxygens (including phenoxy) is 1. The Labute approximate surface area is 103 Å². The van der Waals surface area contributed by atoms with Gasteiger partial charge in [0.05, 0.1) is 24.9 Å². The van der Waals surface area contributed by atoms with Crippen molar-refractivity contribution in [3.05, 3.63) is 18.0 Å². The van der Waals surface area contributed by atoms with Gasteiger partial charge in [0.1, 0.15) is 0 Å². The molecule has 2 unspecified atom stereocenters. The monoisotopic (exact) mass is 238 g/mol. The highest BCUT2D eigenvalue weighted by atomic mass is 16.5. The van der Waals surface area contributed by atoms with Crippen LogP contribution in [0.4, 0.5) is 0 Å². The molecule has 0 amide bonds. The average Bonchev–Trinajstić information content (AvgIpc) is 2.77. The molecule has 1 aliphatic rings. The molecule has 0 bridgehead atoms. The zero-order chi connectivity index (χ0) is 12.4. The molecule has 0 aliphatic carbocycles. The predicted octanol–water partition coefficient (Wildman–Crippen LogP) is 0.794. The predicted molar refractivity (Wildman–Crippen MR) is 66.8 cm³/mol. The fraction of sp³-hybridized carbons (Fsp3) is 0.750. The zero-order valence-electron chi connectivity index (χ0n) is 10.8. The van der Waals surface area contributed by atoms with Crippen molar-refractivity contribution in [2.75, 3.05) is 26.7 Å². The van der Waals surface area contributed by atoms with Crippen molar-refractivity contribution in [2.45, 2.75) is 32.0 Å². The number of aromatic nitrogens is 2. The second-order valence-electron chi connectivity index (χ2n) is 4.92. The summed E-state index contributed by atoms with van der Waals surface area (Å²) in [6.45, 7) is 6.49. The normalized spacial score (nSPS) is 26.6. The molecule has 1 aromatic rings. The van der Waals surface area contributed by atoms with Crippen LogP contribution in [0, 0.1) is 0 Å². The van der Waals surface area contributed by atoms with Crippen molar-refractivity contribution >= 4 is 0 Å². The quantitative estimate of drug-likeness (QED) is 0.846. The van der Waals surface area contributed by atoms with Crippen molar-refractivity contribution < 1.29 is 4.74 Å². The number of hydrogen-bond acceptors (Lipinski definition) is 4. The van der Waals surface area contributed by atoms with Crippen LogP contribution < -0.4 is 5.73 Å². The summed E-state index contributed by atoms with van der Waals surface area (Å²) in [5.74, 6) is 0. The Bertz CT molecular complexity index is 363. The van der Waals surface area contributed by atoms with Crippen LogP contribution in [-0.4, -0.2) is 47.5 Å². The Morgan fingerprint density at radius 2 is 2.35 bits per heavy atom. The van der Waals surface area contributed by atoms with Gasteiger partial charge in [-0.1, -0.05) is 0 Å². The minimum Gasteiger partial charge on any atom is -0.374 e. The molecule has 1 fully saturated rings. The van der Waals surface area contributed by atoms with E-state index in [1.165, 1.54) is 5.56 Å². The van der Waals surface area contributed by atoms with Crippen molar-refractivity contribution in [2.24, 2.45) is 5.73 Å². The van der Waals surface area contributed by atoms with E-state index in [0.29, 0.717) is 12.6 Å². The van der Waals surface area contributed by atoms with Crippen LogP contribution in [0.2, 0.25) is 0 Å². The Morgan fingerprint density at radius 1 is 1.59 bits per heavy atom. The molecule has 1 aliphatic heterocycles. The van der Waals surface area contributed by atoms with Crippen LogP contribution in [0.5, 0.6) is 0 Å². The Morgan fingerprint density at radius 3 is 2.94 bits per heavy atom. The number of rotatable bonds is 3. The highest BCUT2D eigenvalue weighted by molar-refractivity contribution is 5.14. The lowest BCUT2D eigenvalue weighted by molar-refractivity contribution is -0.0576. The standard InChI is InChI=1S/C12H22N4O/c1-9(2)16-8-10(7-14-16)12-11(6-13)17-5-4-15(12)3/h7-9,11-12H,4-6,13H2,1-3H3. The number of hydrogen-bond donors (Lipinski definition) is 1. The van der Waals surface area contributed by atoms with Crippen LogP contribution in [0.1, 0.15) is 31.5 Å². The highest BCUT2D eigenvalue weighted by Crippen LogP contribution is 2.27. The van der Waals surface area contributed by atoms with Crippen molar-refractivity contribution in [3.63, 3.8) is 0 Å². The molecule has 5 nitrogen and oxygen atoms in total. The molecule has 0 radical (unpaired) electrons. The van der Waals surface area contributed by atoms with Gasteiger partial charge in [-0.05, 0) is 20.9 Å². The molecule has 5 heteroatoms. The minimum absolute atomic E-state index is 0.0681. The number of morpholine rings is 1. The minimum atomic E-state index is 0.0681. The van der Waals surface area contributed by atoms with Crippen LogP contribution >= 0.6 is 0 Å². The van der Waals surface area contributed by atoms with Crippen LogP contribution in [-0.2, 0) is 4.74 Å². The van der Waals surface area contributed by atoms with Gasteiger partial charge in [-0.15, -0.1) is 0 Å². The van der Waals surface area contributed by atoms with E-state index in [-0.39, 0.29) is 12.1 Å². The third kappa shape index (κ3) is 2.51. The summed E-state index contributed by atoms with van der Waals surface area (Å²) in [6.07, 6.45) is 4.10. The summed E-state index contributed by atoms with van der Waals surface area (Å²) in [7, 11) is 2.11. The van der Waals surface area contributed by atoms with Gasteiger partial charge in [0.15, 0.2) is 0 Å². The fourth-order valence-corrected chi connectivity index (χ4v) is 2.32. The maximum Gasteiger partial charge on any atom is 0.0895 e. The number of nitrogens with zero attached hydrogens (tertiary/aromatic N) is 3. The Hall–Kier alpha value is -0.910. The molecule has 0 spiro atoms. The topological polar surface area (TPSA) is 56.3 Å². The van der Waals surface area contributed by atoms with Gasteiger partial charge < -0.3 is 10.5 Å². The van der Waals surface area contributed by atoms with Gasteiger partial charge in [-0.25, -0.2) is 0 Å². The lowest BCUT2D eigenvalue weighted by Crippen LogP contribution is -2.46. The van der Waals surface area contributed by atoms with Gasteiger partial charge in [0.2, 0.25) is 0 Å².